The van der Waals surface area contributed by atoms with Gasteiger partial charge in [-0.25, -0.2) is 12.8 Å². The largest absolute Gasteiger partial charge is 0.276 e. The number of halogens is 2. The van der Waals surface area contributed by atoms with E-state index in [0.717, 1.165) is 12.1 Å². The number of H-pyrrole nitrogens is 1. The minimum Gasteiger partial charge on any atom is -0.276 e. The van der Waals surface area contributed by atoms with E-state index in [1.54, 1.807) is 24.3 Å². The topological polar surface area (TPSA) is 74.8 Å². The Bertz CT molecular complexity index is 924. The van der Waals surface area contributed by atoms with Crippen molar-refractivity contribution >= 4 is 38.3 Å². The minimum absolute atomic E-state index is 0.111. The molecule has 0 unspecified atom stereocenters. The lowest BCUT2D eigenvalue weighted by atomic mass is 10.2. The van der Waals surface area contributed by atoms with Crippen LogP contribution in [0.2, 0.25) is 5.02 Å². The van der Waals surface area contributed by atoms with Crippen molar-refractivity contribution in [2.24, 2.45) is 0 Å². The van der Waals surface area contributed by atoms with E-state index >= 15 is 0 Å². The van der Waals surface area contributed by atoms with E-state index in [2.05, 4.69) is 14.9 Å². The van der Waals surface area contributed by atoms with E-state index < -0.39 is 20.7 Å². The average Bonchev–Trinajstić information content (AvgIpc) is 2.81. The summed E-state index contributed by atoms with van der Waals surface area (Å²) < 4.78 is 40.5. The lowest BCUT2D eigenvalue weighted by Crippen LogP contribution is -2.15. The van der Waals surface area contributed by atoms with Gasteiger partial charge in [0.05, 0.1) is 5.52 Å². The summed E-state index contributed by atoms with van der Waals surface area (Å²) in [6.45, 7) is 0. The second kappa shape index (κ2) is 5.01. The number of hydrogen-bond donors (Lipinski definition) is 2. The maximum absolute atomic E-state index is 13.8. The Balaban J connectivity index is 2.03. The molecule has 5 nitrogen and oxygen atoms in total. The Labute approximate surface area is 124 Å². The maximum atomic E-state index is 13.8. The molecule has 1 aromatic heterocycles. The number of aromatic nitrogens is 2. The van der Waals surface area contributed by atoms with Crippen LogP contribution >= 0.6 is 11.6 Å². The first-order valence-corrected chi connectivity index (χ1v) is 7.74. The number of anilines is 1. The van der Waals surface area contributed by atoms with Gasteiger partial charge in [-0.05, 0) is 30.3 Å². The van der Waals surface area contributed by atoms with Crippen LogP contribution in [0.25, 0.3) is 10.9 Å². The van der Waals surface area contributed by atoms with E-state index in [-0.39, 0.29) is 10.8 Å². The summed E-state index contributed by atoms with van der Waals surface area (Å²) in [5, 5.41) is 7.30. The van der Waals surface area contributed by atoms with Crippen molar-refractivity contribution < 1.29 is 12.8 Å². The zero-order chi connectivity index (χ0) is 15.0. The van der Waals surface area contributed by atoms with Gasteiger partial charge in [0.1, 0.15) is 10.7 Å². The molecular formula is C13H9ClFN3O2S. The van der Waals surface area contributed by atoms with E-state index in [1.165, 1.54) is 6.07 Å². The molecule has 0 spiro atoms. The molecule has 3 rings (SSSR count). The number of para-hydroxylation sites is 1. The summed E-state index contributed by atoms with van der Waals surface area (Å²) in [6, 6.07) is 10.4. The molecule has 21 heavy (non-hydrogen) atoms. The van der Waals surface area contributed by atoms with Gasteiger partial charge in [-0.15, -0.1) is 0 Å². The third kappa shape index (κ3) is 2.57. The summed E-state index contributed by atoms with van der Waals surface area (Å²) in [7, 11) is -4.09. The first-order valence-electron chi connectivity index (χ1n) is 5.88. The number of sulfonamides is 1. The normalized spacial score (nSPS) is 11.7. The summed E-state index contributed by atoms with van der Waals surface area (Å²) in [5.74, 6) is -0.810. The van der Waals surface area contributed by atoms with Crippen LogP contribution in [-0.2, 0) is 10.0 Å². The lowest BCUT2D eigenvalue weighted by Gasteiger charge is -2.07. The van der Waals surface area contributed by atoms with Crippen molar-refractivity contribution in [3.8, 4) is 0 Å². The van der Waals surface area contributed by atoms with Gasteiger partial charge in [0.25, 0.3) is 10.0 Å². The standard InChI is InChI=1S/C13H9ClFN3O2S/c14-8-5-6-12(10(15)7-8)21(19,20)18-13-9-3-1-2-4-11(9)16-17-13/h1-7H,(H2,16,17,18). The molecule has 2 aromatic carbocycles. The molecule has 0 aliphatic rings. The predicted octanol–water partition coefficient (Wildman–Crippen LogP) is 3.16. The van der Waals surface area contributed by atoms with Gasteiger partial charge in [0, 0.05) is 10.4 Å². The Morgan fingerprint density at radius 3 is 2.71 bits per heavy atom. The molecule has 8 heteroatoms. The summed E-state index contributed by atoms with van der Waals surface area (Å²) in [4.78, 5) is -0.487. The highest BCUT2D eigenvalue weighted by Crippen LogP contribution is 2.25. The highest BCUT2D eigenvalue weighted by molar-refractivity contribution is 7.92. The van der Waals surface area contributed by atoms with Crippen LogP contribution < -0.4 is 4.72 Å². The Morgan fingerprint density at radius 2 is 1.95 bits per heavy atom. The first kappa shape index (κ1) is 13.8. The van der Waals surface area contributed by atoms with Crippen molar-refractivity contribution in [2.45, 2.75) is 4.90 Å². The van der Waals surface area contributed by atoms with Gasteiger partial charge < -0.3 is 0 Å². The van der Waals surface area contributed by atoms with Crippen LogP contribution in [0.3, 0.4) is 0 Å². The molecule has 0 radical (unpaired) electrons. The van der Waals surface area contributed by atoms with Crippen LogP contribution in [0.1, 0.15) is 0 Å². The molecule has 3 aromatic rings. The van der Waals surface area contributed by atoms with Crippen molar-refractivity contribution in [2.75, 3.05) is 4.72 Å². The van der Waals surface area contributed by atoms with Crippen molar-refractivity contribution in [1.82, 2.24) is 10.2 Å². The van der Waals surface area contributed by atoms with Crippen LogP contribution in [0.4, 0.5) is 10.2 Å². The van der Waals surface area contributed by atoms with E-state index in [9.17, 15) is 12.8 Å². The Hall–Kier alpha value is -2.12. The first-order chi connectivity index (χ1) is 9.97. The molecule has 0 atom stereocenters. The summed E-state index contributed by atoms with van der Waals surface area (Å²) >= 11 is 5.62. The van der Waals surface area contributed by atoms with Crippen LogP contribution in [-0.4, -0.2) is 18.6 Å². The number of rotatable bonds is 3. The Kier molecular flexibility index (Phi) is 3.30. The number of hydrogen-bond acceptors (Lipinski definition) is 3. The monoisotopic (exact) mass is 325 g/mol. The fourth-order valence-corrected chi connectivity index (χ4v) is 3.16. The van der Waals surface area contributed by atoms with Crippen molar-refractivity contribution in [1.29, 1.82) is 0 Å². The predicted molar refractivity (Wildman–Crippen MR) is 78.3 cm³/mol. The second-order valence-corrected chi connectivity index (χ2v) is 6.39. The zero-order valence-electron chi connectivity index (χ0n) is 10.5. The SMILES string of the molecule is O=S(=O)(Nc1n[nH]c2ccccc12)c1ccc(Cl)cc1F. The Morgan fingerprint density at radius 1 is 1.19 bits per heavy atom. The number of benzene rings is 2. The summed E-state index contributed by atoms with van der Waals surface area (Å²) in [5.41, 5.74) is 0.673. The van der Waals surface area contributed by atoms with Gasteiger partial charge in [-0.1, -0.05) is 23.7 Å². The summed E-state index contributed by atoms with van der Waals surface area (Å²) in [6.07, 6.45) is 0. The quantitative estimate of drug-likeness (QED) is 0.776. The molecule has 0 amide bonds. The molecule has 0 fully saturated rings. The van der Waals surface area contributed by atoms with Gasteiger partial charge >= 0.3 is 0 Å². The number of nitrogens with zero attached hydrogens (tertiary/aromatic N) is 1. The van der Waals surface area contributed by atoms with Crippen LogP contribution in [0.15, 0.2) is 47.4 Å². The maximum Gasteiger partial charge on any atom is 0.266 e. The number of nitrogens with one attached hydrogen (secondary N) is 2. The third-order valence-electron chi connectivity index (χ3n) is 2.88. The molecule has 0 bridgehead atoms. The van der Waals surface area contributed by atoms with E-state index in [1.807, 2.05) is 0 Å². The van der Waals surface area contributed by atoms with Gasteiger partial charge in [0.2, 0.25) is 0 Å². The molecule has 0 saturated heterocycles. The van der Waals surface area contributed by atoms with Crippen molar-refractivity contribution in [3.63, 3.8) is 0 Å². The third-order valence-corrected chi connectivity index (χ3v) is 4.49. The molecule has 108 valence electrons. The molecule has 0 aliphatic carbocycles. The fraction of sp³-hybridized carbons (Fsp3) is 0. The van der Waals surface area contributed by atoms with Gasteiger partial charge in [0.15, 0.2) is 5.82 Å². The molecule has 1 heterocycles. The van der Waals surface area contributed by atoms with Gasteiger partial charge in [-0.2, -0.15) is 5.10 Å². The zero-order valence-corrected chi connectivity index (χ0v) is 12.0. The molecule has 2 N–H and O–H groups in total. The number of fused-ring (bicyclic) bond motifs is 1. The smallest absolute Gasteiger partial charge is 0.266 e. The number of aromatic amines is 1. The molecule has 0 saturated carbocycles. The van der Waals surface area contributed by atoms with E-state index in [0.29, 0.717) is 10.9 Å². The average molecular weight is 326 g/mol. The second-order valence-electron chi connectivity index (χ2n) is 4.30. The van der Waals surface area contributed by atoms with Gasteiger partial charge in [-0.3, -0.25) is 9.82 Å². The highest BCUT2D eigenvalue weighted by atomic mass is 35.5. The van der Waals surface area contributed by atoms with Crippen LogP contribution in [0, 0.1) is 5.82 Å². The molecule has 0 aliphatic heterocycles. The lowest BCUT2D eigenvalue weighted by molar-refractivity contribution is 0.570. The minimum atomic E-state index is -4.09. The van der Waals surface area contributed by atoms with E-state index in [4.69, 9.17) is 11.6 Å². The molecular weight excluding hydrogens is 317 g/mol. The van der Waals surface area contributed by atoms with Crippen LogP contribution in [0.5, 0.6) is 0 Å². The highest BCUT2D eigenvalue weighted by Gasteiger charge is 2.21. The van der Waals surface area contributed by atoms with Crippen molar-refractivity contribution in [3.05, 3.63) is 53.3 Å². The fourth-order valence-electron chi connectivity index (χ4n) is 1.92.